The third-order valence-corrected chi connectivity index (χ3v) is 3.82. The number of imide groups is 1. The first kappa shape index (κ1) is 15.9. The normalized spacial score (nSPS) is 14.5. The van der Waals surface area contributed by atoms with Crippen molar-refractivity contribution in [1.82, 2.24) is 5.06 Å². The molecule has 0 N–H and O–H groups in total. The highest BCUT2D eigenvalue weighted by molar-refractivity contribution is 6.20. The van der Waals surface area contributed by atoms with E-state index in [2.05, 4.69) is 0 Å². The second kappa shape index (κ2) is 6.23. The summed E-state index contributed by atoms with van der Waals surface area (Å²) in [6.07, 6.45) is 0.106. The summed E-state index contributed by atoms with van der Waals surface area (Å²) in [7, 11) is 0. The molecule has 24 heavy (non-hydrogen) atoms. The molecule has 0 spiro atoms. The average molecular weight is 327 g/mol. The Kier molecular flexibility index (Phi) is 4.12. The molecule has 1 heterocycles. The zero-order chi connectivity index (χ0) is 17.3. The molecule has 122 valence electrons. The van der Waals surface area contributed by atoms with E-state index in [0.717, 1.165) is 0 Å². The van der Waals surface area contributed by atoms with Crippen molar-refractivity contribution in [2.75, 3.05) is 0 Å². The summed E-state index contributed by atoms with van der Waals surface area (Å²) >= 11 is 0. The van der Waals surface area contributed by atoms with Crippen LogP contribution in [0.2, 0.25) is 0 Å². The highest BCUT2D eigenvalue weighted by Crippen LogP contribution is 2.23. The van der Waals surface area contributed by atoms with Gasteiger partial charge < -0.3 is 4.84 Å². The summed E-state index contributed by atoms with van der Waals surface area (Å²) < 4.78 is 13.7. The van der Waals surface area contributed by atoms with Crippen LogP contribution in [-0.4, -0.2) is 22.8 Å². The van der Waals surface area contributed by atoms with Crippen LogP contribution in [0.3, 0.4) is 0 Å². The molecule has 0 saturated heterocycles. The van der Waals surface area contributed by atoms with E-state index in [4.69, 9.17) is 4.84 Å². The Balaban J connectivity index is 1.70. The van der Waals surface area contributed by atoms with E-state index in [1.54, 1.807) is 37.3 Å². The van der Waals surface area contributed by atoms with E-state index in [1.807, 2.05) is 0 Å². The Morgan fingerprint density at radius 3 is 2.17 bits per heavy atom. The molecule has 2 aromatic carbocycles. The Labute approximate surface area is 137 Å². The highest BCUT2D eigenvalue weighted by atomic mass is 19.1. The monoisotopic (exact) mass is 327 g/mol. The molecule has 1 unspecified atom stereocenters. The first-order valence-corrected chi connectivity index (χ1v) is 7.42. The zero-order valence-corrected chi connectivity index (χ0v) is 12.9. The predicted octanol–water partition coefficient (Wildman–Crippen LogP) is 2.76. The number of benzene rings is 2. The molecule has 1 aliphatic rings. The van der Waals surface area contributed by atoms with Gasteiger partial charge in [-0.25, -0.2) is 9.18 Å². The summed E-state index contributed by atoms with van der Waals surface area (Å²) in [4.78, 5) is 41.4. The molecule has 0 aromatic heterocycles. The smallest absolute Gasteiger partial charge is 0.329 e. The van der Waals surface area contributed by atoms with Crippen molar-refractivity contribution in [3.05, 3.63) is 71.0 Å². The molecule has 0 fully saturated rings. The number of fused-ring (bicyclic) bond motifs is 1. The maximum absolute atomic E-state index is 13.7. The maximum atomic E-state index is 13.7. The van der Waals surface area contributed by atoms with Gasteiger partial charge >= 0.3 is 5.97 Å². The van der Waals surface area contributed by atoms with Gasteiger partial charge in [-0.2, -0.15) is 0 Å². The molecule has 0 bridgehead atoms. The lowest BCUT2D eigenvalue weighted by atomic mass is 10.0. The molecular formula is C18H14FNO4. The van der Waals surface area contributed by atoms with Gasteiger partial charge in [0.05, 0.1) is 17.0 Å². The van der Waals surface area contributed by atoms with Gasteiger partial charge in [0, 0.05) is 0 Å². The molecule has 0 saturated carbocycles. The van der Waals surface area contributed by atoms with Crippen LogP contribution in [0.25, 0.3) is 0 Å². The minimum Gasteiger partial charge on any atom is -0.329 e. The van der Waals surface area contributed by atoms with Gasteiger partial charge in [-0.15, -0.1) is 0 Å². The summed E-state index contributed by atoms with van der Waals surface area (Å²) in [5.41, 5.74) is 0.749. The lowest BCUT2D eigenvalue weighted by molar-refractivity contribution is -0.173. The molecule has 3 rings (SSSR count). The largest absolute Gasteiger partial charge is 0.336 e. The maximum Gasteiger partial charge on any atom is 0.336 e. The summed E-state index contributed by atoms with van der Waals surface area (Å²) in [6.45, 7) is 1.55. The van der Waals surface area contributed by atoms with Crippen LogP contribution in [-0.2, 0) is 16.1 Å². The fraction of sp³-hybridized carbons (Fsp3) is 0.167. The number of hydrogen-bond donors (Lipinski definition) is 0. The first-order valence-electron chi connectivity index (χ1n) is 7.42. The number of amides is 2. The Bertz CT molecular complexity index is 798. The van der Waals surface area contributed by atoms with Crippen molar-refractivity contribution in [2.24, 2.45) is 5.92 Å². The third kappa shape index (κ3) is 2.78. The van der Waals surface area contributed by atoms with Crippen LogP contribution >= 0.6 is 0 Å². The van der Waals surface area contributed by atoms with Crippen LogP contribution in [0.15, 0.2) is 48.5 Å². The van der Waals surface area contributed by atoms with Crippen molar-refractivity contribution in [3.63, 3.8) is 0 Å². The highest BCUT2D eigenvalue weighted by Gasteiger charge is 2.39. The van der Waals surface area contributed by atoms with Crippen molar-refractivity contribution < 1.29 is 23.6 Å². The molecular weight excluding hydrogens is 313 g/mol. The molecule has 1 aliphatic heterocycles. The zero-order valence-electron chi connectivity index (χ0n) is 12.9. The first-order chi connectivity index (χ1) is 11.5. The van der Waals surface area contributed by atoms with Gasteiger partial charge in [-0.05, 0) is 30.2 Å². The van der Waals surface area contributed by atoms with E-state index < -0.39 is 29.5 Å². The number of halogens is 1. The molecule has 6 heteroatoms. The summed E-state index contributed by atoms with van der Waals surface area (Å²) in [5.74, 6) is -3.26. The number of carbonyl (C=O) groups is 3. The Hall–Kier alpha value is -3.02. The van der Waals surface area contributed by atoms with Crippen LogP contribution in [0.5, 0.6) is 0 Å². The quantitative estimate of drug-likeness (QED) is 0.810. The standard InChI is InChI=1S/C18H14FNO4/c1-11(10-12-6-2-5-9-15(12)19)18(23)24-20-16(21)13-7-3-4-8-14(13)17(20)22/h2-9,11H,10H2,1H3. The van der Waals surface area contributed by atoms with Gasteiger partial charge in [0.25, 0.3) is 11.8 Å². The second-order valence-corrected chi connectivity index (χ2v) is 5.56. The van der Waals surface area contributed by atoms with E-state index >= 15 is 0 Å². The molecule has 0 radical (unpaired) electrons. The van der Waals surface area contributed by atoms with Crippen molar-refractivity contribution >= 4 is 17.8 Å². The molecule has 2 amide bonds. The van der Waals surface area contributed by atoms with Crippen LogP contribution in [0, 0.1) is 11.7 Å². The number of nitrogens with zero attached hydrogens (tertiary/aromatic N) is 1. The lowest BCUT2D eigenvalue weighted by Gasteiger charge is -2.16. The minimum absolute atomic E-state index is 0.106. The van der Waals surface area contributed by atoms with Gasteiger partial charge in [0.2, 0.25) is 0 Å². The van der Waals surface area contributed by atoms with Gasteiger partial charge in [-0.1, -0.05) is 42.3 Å². The topological polar surface area (TPSA) is 63.7 Å². The molecule has 2 aromatic rings. The molecule has 1 atom stereocenters. The number of carbonyl (C=O) groups excluding carboxylic acids is 3. The second-order valence-electron chi connectivity index (χ2n) is 5.56. The fourth-order valence-electron chi connectivity index (χ4n) is 2.51. The van der Waals surface area contributed by atoms with Crippen molar-refractivity contribution in [3.8, 4) is 0 Å². The van der Waals surface area contributed by atoms with Crippen molar-refractivity contribution in [1.29, 1.82) is 0 Å². The van der Waals surface area contributed by atoms with Gasteiger partial charge in [0.1, 0.15) is 5.82 Å². The van der Waals surface area contributed by atoms with Gasteiger partial charge in [-0.3, -0.25) is 9.59 Å². The van der Waals surface area contributed by atoms with Crippen LogP contribution in [0.1, 0.15) is 33.2 Å². The number of hydrogen-bond acceptors (Lipinski definition) is 4. The SMILES string of the molecule is CC(Cc1ccccc1F)C(=O)ON1C(=O)c2ccccc2C1=O. The van der Waals surface area contributed by atoms with E-state index in [1.165, 1.54) is 18.2 Å². The van der Waals surface area contributed by atoms with Crippen molar-refractivity contribution in [2.45, 2.75) is 13.3 Å². The van der Waals surface area contributed by atoms with Gasteiger partial charge in [0.15, 0.2) is 0 Å². The van der Waals surface area contributed by atoms with E-state index in [9.17, 15) is 18.8 Å². The van der Waals surface area contributed by atoms with E-state index in [0.29, 0.717) is 10.6 Å². The van der Waals surface area contributed by atoms with Crippen LogP contribution in [0.4, 0.5) is 4.39 Å². The number of hydroxylamine groups is 2. The molecule has 5 nitrogen and oxygen atoms in total. The Morgan fingerprint density at radius 1 is 1.04 bits per heavy atom. The van der Waals surface area contributed by atoms with Crippen LogP contribution < -0.4 is 0 Å². The predicted molar refractivity (Wildman–Crippen MR) is 82.3 cm³/mol. The fourth-order valence-corrected chi connectivity index (χ4v) is 2.51. The minimum atomic E-state index is -0.771. The summed E-state index contributed by atoms with van der Waals surface area (Å²) in [6, 6.07) is 12.3. The average Bonchev–Trinajstić information content (AvgIpc) is 2.82. The lowest BCUT2D eigenvalue weighted by Crippen LogP contribution is -2.35. The van der Waals surface area contributed by atoms with E-state index in [-0.39, 0.29) is 17.5 Å². The molecule has 0 aliphatic carbocycles. The Morgan fingerprint density at radius 2 is 1.58 bits per heavy atom. The third-order valence-electron chi connectivity index (χ3n) is 3.82. The number of rotatable bonds is 4. The summed E-state index contributed by atoms with van der Waals surface area (Å²) in [5, 5.41) is 0.463.